The van der Waals surface area contributed by atoms with Gasteiger partial charge in [-0.05, 0) is 116 Å². The van der Waals surface area contributed by atoms with Gasteiger partial charge in [-0.25, -0.2) is 4.98 Å². The maximum Gasteiger partial charge on any atom is 0.306 e. The highest BCUT2D eigenvalue weighted by atomic mass is 35.5. The first-order chi connectivity index (χ1) is 24.9. The van der Waals surface area contributed by atoms with Crippen LogP contribution in [0.5, 0.6) is 0 Å². The highest BCUT2D eigenvalue weighted by molar-refractivity contribution is 8.08. The number of carbonyl (C=O) groups excluding carboxylic acids is 2. The molecule has 0 aliphatic heterocycles. The summed E-state index contributed by atoms with van der Waals surface area (Å²) in [6, 6.07) is 26.8. The van der Waals surface area contributed by atoms with Crippen LogP contribution in [0, 0.1) is 10.8 Å². The standard InChI is InChI=1S/C43H48ClNO5S2/c1-41(2,48)35-11-6-5-8-29(35)14-17-37(51-27-42(18-19-42)25-39(46)49-3)31-9-7-10-32(22-31)38(52-28-43(20-21-43)26-40(47)50-4)24-34-16-13-30-12-15-33(44)23-36(30)45-34/h5-13,15-16,22-24,37,48H,14,17-21,25-28H2,1-4H3/b38-24-/t37-/m1/s1. The summed E-state index contributed by atoms with van der Waals surface area (Å²) in [4.78, 5) is 30.6. The first-order valence-corrected chi connectivity index (χ1v) is 20.4. The largest absolute Gasteiger partial charge is 0.469 e. The van der Waals surface area contributed by atoms with E-state index in [0.717, 1.165) is 88.2 Å². The molecule has 0 radical (unpaired) electrons. The van der Waals surface area contributed by atoms with Gasteiger partial charge in [-0.3, -0.25) is 9.59 Å². The highest BCUT2D eigenvalue weighted by Crippen LogP contribution is 2.55. The van der Waals surface area contributed by atoms with E-state index in [-0.39, 0.29) is 28.0 Å². The molecule has 1 atom stereocenters. The Kier molecular flexibility index (Phi) is 12.1. The Balaban J connectivity index is 1.32. The van der Waals surface area contributed by atoms with E-state index in [1.807, 2.05) is 68.1 Å². The Morgan fingerprint density at radius 2 is 1.58 bits per heavy atom. The van der Waals surface area contributed by atoms with E-state index in [1.165, 1.54) is 19.8 Å². The molecule has 6 nitrogen and oxygen atoms in total. The van der Waals surface area contributed by atoms with Crippen LogP contribution in [0.3, 0.4) is 0 Å². The molecule has 2 saturated carbocycles. The Morgan fingerprint density at radius 3 is 2.25 bits per heavy atom. The van der Waals surface area contributed by atoms with Crippen molar-refractivity contribution in [3.63, 3.8) is 0 Å². The lowest BCUT2D eigenvalue weighted by Crippen LogP contribution is -2.18. The molecular weight excluding hydrogens is 710 g/mol. The number of benzene rings is 3. The number of esters is 2. The summed E-state index contributed by atoms with van der Waals surface area (Å²) in [5.41, 5.74) is 5.09. The molecule has 9 heteroatoms. The maximum absolute atomic E-state index is 12.3. The summed E-state index contributed by atoms with van der Waals surface area (Å²) >= 11 is 10.0. The molecule has 1 N–H and O–H groups in total. The van der Waals surface area contributed by atoms with Crippen molar-refractivity contribution in [2.45, 2.75) is 76.1 Å². The molecule has 0 saturated heterocycles. The molecule has 0 amide bonds. The SMILES string of the molecule is COC(=O)CC1(CS/C(=C\c2ccc3ccc(Cl)cc3n2)c2cccc([C@@H](CCc3ccccc3C(C)(C)O)SCC3(CC(=O)OC)CC3)c2)CC1. The van der Waals surface area contributed by atoms with Crippen molar-refractivity contribution >= 4 is 68.9 Å². The van der Waals surface area contributed by atoms with Crippen molar-refractivity contribution in [2.24, 2.45) is 10.8 Å². The van der Waals surface area contributed by atoms with Crippen LogP contribution in [0.4, 0.5) is 0 Å². The molecule has 0 unspecified atom stereocenters. The summed E-state index contributed by atoms with van der Waals surface area (Å²) in [6.45, 7) is 3.68. The second kappa shape index (κ2) is 16.4. The Bertz CT molecular complexity index is 1950. The zero-order chi connectivity index (χ0) is 36.9. The van der Waals surface area contributed by atoms with Crippen LogP contribution < -0.4 is 0 Å². The van der Waals surface area contributed by atoms with E-state index in [1.54, 1.807) is 11.8 Å². The van der Waals surface area contributed by atoms with Crippen LogP contribution in [0.15, 0.2) is 78.9 Å². The summed E-state index contributed by atoms with van der Waals surface area (Å²) in [5, 5.41) is 12.8. The Hall–Kier alpha value is -3.30. The fraction of sp³-hybridized carbons (Fsp3) is 0.419. The predicted octanol–water partition coefficient (Wildman–Crippen LogP) is 10.4. The van der Waals surface area contributed by atoms with Crippen LogP contribution >= 0.6 is 35.1 Å². The number of halogens is 1. The van der Waals surface area contributed by atoms with E-state index in [4.69, 9.17) is 26.1 Å². The van der Waals surface area contributed by atoms with Crippen molar-refractivity contribution in [1.29, 1.82) is 0 Å². The third-order valence-corrected chi connectivity index (χ3v) is 13.7. The van der Waals surface area contributed by atoms with E-state index in [0.29, 0.717) is 17.9 Å². The van der Waals surface area contributed by atoms with Gasteiger partial charge in [0.1, 0.15) is 0 Å². The van der Waals surface area contributed by atoms with Gasteiger partial charge in [0, 0.05) is 32.1 Å². The lowest BCUT2D eigenvalue weighted by Gasteiger charge is -2.24. The molecule has 2 aliphatic rings. The van der Waals surface area contributed by atoms with E-state index >= 15 is 0 Å². The topological polar surface area (TPSA) is 85.7 Å². The number of rotatable bonds is 17. The van der Waals surface area contributed by atoms with Crippen LogP contribution in [0.1, 0.15) is 92.0 Å². The number of fused-ring (bicyclic) bond motifs is 1. The van der Waals surface area contributed by atoms with Crippen molar-refractivity contribution in [1.82, 2.24) is 4.98 Å². The van der Waals surface area contributed by atoms with E-state index in [2.05, 4.69) is 42.5 Å². The summed E-state index contributed by atoms with van der Waals surface area (Å²) in [7, 11) is 2.92. The van der Waals surface area contributed by atoms with Gasteiger partial charge in [-0.2, -0.15) is 11.8 Å². The summed E-state index contributed by atoms with van der Waals surface area (Å²) < 4.78 is 10.1. The number of methoxy groups -OCH3 is 2. The van der Waals surface area contributed by atoms with Gasteiger partial charge in [0.25, 0.3) is 0 Å². The number of ether oxygens (including phenoxy) is 2. The van der Waals surface area contributed by atoms with Gasteiger partial charge in [0.15, 0.2) is 0 Å². The summed E-state index contributed by atoms with van der Waals surface area (Å²) in [5.74, 6) is 1.37. The number of hydrogen-bond acceptors (Lipinski definition) is 8. The van der Waals surface area contributed by atoms with Gasteiger partial charge in [-0.15, -0.1) is 11.8 Å². The van der Waals surface area contributed by atoms with Gasteiger partial charge >= 0.3 is 11.9 Å². The van der Waals surface area contributed by atoms with Crippen molar-refractivity contribution in [3.05, 3.63) is 112 Å². The minimum atomic E-state index is -0.941. The monoisotopic (exact) mass is 757 g/mol. The lowest BCUT2D eigenvalue weighted by molar-refractivity contribution is -0.142. The highest BCUT2D eigenvalue weighted by Gasteiger charge is 2.46. The zero-order valence-corrected chi connectivity index (χ0v) is 32.8. The molecule has 1 aromatic heterocycles. The van der Waals surface area contributed by atoms with Crippen LogP contribution in [-0.4, -0.2) is 47.8 Å². The second-order valence-electron chi connectivity index (χ2n) is 15.1. The lowest BCUT2D eigenvalue weighted by atomic mass is 9.90. The van der Waals surface area contributed by atoms with Crippen LogP contribution in [0.25, 0.3) is 21.9 Å². The van der Waals surface area contributed by atoms with Crippen LogP contribution in [0.2, 0.25) is 5.02 Å². The van der Waals surface area contributed by atoms with Gasteiger partial charge < -0.3 is 14.6 Å². The number of pyridine rings is 1. The fourth-order valence-corrected chi connectivity index (χ4v) is 9.84. The normalized spacial score (nSPS) is 16.7. The molecule has 0 bridgehead atoms. The van der Waals surface area contributed by atoms with Crippen molar-refractivity contribution in [2.75, 3.05) is 25.7 Å². The van der Waals surface area contributed by atoms with Gasteiger partial charge in [-0.1, -0.05) is 66.2 Å². The third kappa shape index (κ3) is 10.0. The maximum atomic E-state index is 12.3. The van der Waals surface area contributed by atoms with Gasteiger partial charge in [0.2, 0.25) is 0 Å². The number of hydrogen-bond donors (Lipinski definition) is 1. The van der Waals surface area contributed by atoms with Crippen molar-refractivity contribution in [3.8, 4) is 0 Å². The third-order valence-electron chi connectivity index (χ3n) is 10.4. The molecule has 4 aromatic rings. The average Bonchev–Trinajstić information content (AvgIpc) is 4.07. The molecule has 3 aromatic carbocycles. The molecule has 2 fully saturated rings. The quantitative estimate of drug-likeness (QED) is 0.107. The molecule has 274 valence electrons. The number of thioether (sulfide) groups is 2. The molecule has 0 spiro atoms. The number of aliphatic hydroxyl groups is 1. The smallest absolute Gasteiger partial charge is 0.306 e. The van der Waals surface area contributed by atoms with E-state index < -0.39 is 5.60 Å². The van der Waals surface area contributed by atoms with Crippen LogP contribution in [-0.2, 0) is 31.1 Å². The second-order valence-corrected chi connectivity index (χ2v) is 17.7. The van der Waals surface area contributed by atoms with Gasteiger partial charge in [0.05, 0.1) is 43.9 Å². The molecule has 52 heavy (non-hydrogen) atoms. The number of aryl methyl sites for hydroxylation is 1. The first-order valence-electron chi connectivity index (χ1n) is 18.0. The fourth-order valence-electron chi connectivity index (χ4n) is 6.75. The Morgan fingerprint density at radius 1 is 0.904 bits per heavy atom. The molecule has 2 aliphatic carbocycles. The molecule has 6 rings (SSSR count). The number of aromatic nitrogens is 1. The molecular formula is C43H48ClNO5S2. The predicted molar refractivity (Wildman–Crippen MR) is 215 cm³/mol. The van der Waals surface area contributed by atoms with Crippen molar-refractivity contribution < 1.29 is 24.2 Å². The molecule has 1 heterocycles. The Labute approximate surface area is 321 Å². The minimum Gasteiger partial charge on any atom is -0.469 e. The zero-order valence-electron chi connectivity index (χ0n) is 30.5. The first kappa shape index (κ1) is 38.4. The average molecular weight is 758 g/mol. The number of carbonyl (C=O) groups is 2. The minimum absolute atomic E-state index is 0.0115. The van der Waals surface area contributed by atoms with E-state index in [9.17, 15) is 14.7 Å². The number of nitrogens with zero attached hydrogens (tertiary/aromatic N) is 1. The summed E-state index contributed by atoms with van der Waals surface area (Å²) in [6.07, 6.45) is 8.78.